The third-order valence-electron chi connectivity index (χ3n) is 2.92. The predicted molar refractivity (Wildman–Crippen MR) is 82.3 cm³/mol. The smallest absolute Gasteiger partial charge is 0.122 e. The summed E-state index contributed by atoms with van der Waals surface area (Å²) in [6, 6.07) is 0. The van der Waals surface area contributed by atoms with Crippen LogP contribution in [0.25, 0.3) is 0 Å². The molecule has 0 aliphatic rings. The average Bonchev–Trinajstić information content (AvgIpc) is 2.89. The van der Waals surface area contributed by atoms with E-state index in [2.05, 4.69) is 28.7 Å². The van der Waals surface area contributed by atoms with E-state index in [-0.39, 0.29) is 0 Å². The Kier molecular flexibility index (Phi) is 10.1. The number of imidazole rings is 1. The maximum Gasteiger partial charge on any atom is 0.122 e. The monoisotopic (exact) mass is 299 g/mol. The van der Waals surface area contributed by atoms with Crippen molar-refractivity contribution in [1.29, 1.82) is 0 Å². The van der Waals surface area contributed by atoms with Crippen molar-refractivity contribution in [2.75, 3.05) is 46.7 Å². The van der Waals surface area contributed by atoms with Gasteiger partial charge in [-0.25, -0.2) is 4.98 Å². The van der Waals surface area contributed by atoms with Crippen molar-refractivity contribution in [3.05, 3.63) is 18.2 Å². The highest BCUT2D eigenvalue weighted by Gasteiger charge is 2.02. The molecule has 0 spiro atoms. The van der Waals surface area contributed by atoms with E-state index >= 15 is 0 Å². The average molecular weight is 299 g/mol. The molecule has 21 heavy (non-hydrogen) atoms. The first-order valence-corrected chi connectivity index (χ1v) is 7.59. The first kappa shape index (κ1) is 18.1. The Balaban J connectivity index is 2.08. The van der Waals surface area contributed by atoms with Gasteiger partial charge in [0.05, 0.1) is 39.6 Å². The van der Waals surface area contributed by atoms with Crippen LogP contribution in [0, 0.1) is 5.92 Å². The molecule has 0 amide bonds. The quantitative estimate of drug-likeness (QED) is 0.557. The zero-order valence-electron chi connectivity index (χ0n) is 13.5. The van der Waals surface area contributed by atoms with E-state index in [0.29, 0.717) is 39.0 Å². The summed E-state index contributed by atoms with van der Waals surface area (Å²) in [7, 11) is 1.67. The van der Waals surface area contributed by atoms with Crippen LogP contribution in [0.4, 0.5) is 0 Å². The van der Waals surface area contributed by atoms with Crippen molar-refractivity contribution in [3.63, 3.8) is 0 Å². The molecule has 1 aromatic rings. The molecular formula is C15H29N3O3. The lowest BCUT2D eigenvalue weighted by Crippen LogP contribution is -2.22. The SMILES string of the molecule is COCCOCCOCCn1ccnc1CNCC(C)C. The van der Waals surface area contributed by atoms with Gasteiger partial charge in [-0.3, -0.25) is 0 Å². The van der Waals surface area contributed by atoms with Crippen molar-refractivity contribution in [2.24, 2.45) is 5.92 Å². The molecule has 0 atom stereocenters. The third kappa shape index (κ3) is 8.83. The van der Waals surface area contributed by atoms with E-state index in [1.807, 2.05) is 12.4 Å². The van der Waals surface area contributed by atoms with E-state index in [1.54, 1.807) is 7.11 Å². The molecule has 0 unspecified atom stereocenters. The molecule has 0 aliphatic heterocycles. The lowest BCUT2D eigenvalue weighted by molar-refractivity contribution is 0.0229. The van der Waals surface area contributed by atoms with Crippen LogP contribution in [0.3, 0.4) is 0 Å². The van der Waals surface area contributed by atoms with Gasteiger partial charge < -0.3 is 24.1 Å². The summed E-state index contributed by atoms with van der Waals surface area (Å²) in [6.45, 7) is 10.1. The van der Waals surface area contributed by atoms with Crippen molar-refractivity contribution >= 4 is 0 Å². The number of methoxy groups -OCH3 is 1. The van der Waals surface area contributed by atoms with Crippen LogP contribution < -0.4 is 5.32 Å². The van der Waals surface area contributed by atoms with Gasteiger partial charge in [-0.1, -0.05) is 13.8 Å². The van der Waals surface area contributed by atoms with Crippen molar-refractivity contribution in [2.45, 2.75) is 26.9 Å². The maximum atomic E-state index is 5.55. The second kappa shape index (κ2) is 11.7. The van der Waals surface area contributed by atoms with Crippen molar-refractivity contribution in [3.8, 4) is 0 Å². The molecule has 1 rings (SSSR count). The second-order valence-electron chi connectivity index (χ2n) is 5.28. The molecule has 0 saturated heterocycles. The molecule has 0 aliphatic carbocycles. The molecule has 6 heteroatoms. The molecule has 1 N–H and O–H groups in total. The number of ether oxygens (including phenoxy) is 3. The van der Waals surface area contributed by atoms with Crippen molar-refractivity contribution in [1.82, 2.24) is 14.9 Å². The third-order valence-corrected chi connectivity index (χ3v) is 2.92. The molecule has 0 bridgehead atoms. The number of hydrogen-bond acceptors (Lipinski definition) is 5. The Morgan fingerprint density at radius 1 is 1.14 bits per heavy atom. The van der Waals surface area contributed by atoms with Crippen LogP contribution in [-0.4, -0.2) is 56.2 Å². The van der Waals surface area contributed by atoms with Crippen LogP contribution in [0.15, 0.2) is 12.4 Å². The van der Waals surface area contributed by atoms with Gasteiger partial charge in [-0.05, 0) is 12.5 Å². The summed E-state index contributed by atoms with van der Waals surface area (Å²) in [5.41, 5.74) is 0. The van der Waals surface area contributed by atoms with Gasteiger partial charge >= 0.3 is 0 Å². The minimum Gasteiger partial charge on any atom is -0.382 e. The lowest BCUT2D eigenvalue weighted by Gasteiger charge is -2.10. The van der Waals surface area contributed by atoms with Crippen molar-refractivity contribution < 1.29 is 14.2 Å². The Bertz CT molecular complexity index is 356. The maximum absolute atomic E-state index is 5.55. The summed E-state index contributed by atoms with van der Waals surface area (Å²) in [5.74, 6) is 1.70. The van der Waals surface area contributed by atoms with E-state index in [9.17, 15) is 0 Å². The number of hydrogen-bond donors (Lipinski definition) is 1. The first-order valence-electron chi connectivity index (χ1n) is 7.59. The highest BCUT2D eigenvalue weighted by molar-refractivity contribution is 4.91. The van der Waals surface area contributed by atoms with E-state index < -0.39 is 0 Å². The Morgan fingerprint density at radius 2 is 1.86 bits per heavy atom. The summed E-state index contributed by atoms with van der Waals surface area (Å²) < 4.78 is 17.9. The number of aromatic nitrogens is 2. The van der Waals surface area contributed by atoms with Crippen LogP contribution in [0.2, 0.25) is 0 Å². The van der Waals surface area contributed by atoms with E-state index in [0.717, 1.165) is 25.5 Å². The van der Waals surface area contributed by atoms with Crippen LogP contribution in [0.5, 0.6) is 0 Å². The Labute approximate surface area is 127 Å². The number of rotatable bonds is 13. The fraction of sp³-hybridized carbons (Fsp3) is 0.800. The largest absolute Gasteiger partial charge is 0.382 e. The summed E-state index contributed by atoms with van der Waals surface area (Å²) >= 11 is 0. The molecule has 6 nitrogen and oxygen atoms in total. The second-order valence-corrected chi connectivity index (χ2v) is 5.28. The van der Waals surface area contributed by atoms with Gasteiger partial charge in [0.2, 0.25) is 0 Å². The molecular weight excluding hydrogens is 270 g/mol. The minimum absolute atomic E-state index is 0.607. The number of nitrogens with one attached hydrogen (secondary N) is 1. The topological polar surface area (TPSA) is 57.5 Å². The van der Waals surface area contributed by atoms with Gasteiger partial charge in [0, 0.05) is 26.0 Å². The molecule has 122 valence electrons. The molecule has 0 aromatic carbocycles. The van der Waals surface area contributed by atoms with Gasteiger partial charge in [-0.15, -0.1) is 0 Å². The Hall–Kier alpha value is -0.950. The molecule has 1 aromatic heterocycles. The Morgan fingerprint density at radius 3 is 2.57 bits per heavy atom. The van der Waals surface area contributed by atoms with Crippen LogP contribution in [0.1, 0.15) is 19.7 Å². The fourth-order valence-corrected chi connectivity index (χ4v) is 1.81. The van der Waals surface area contributed by atoms with Gasteiger partial charge in [0.1, 0.15) is 5.82 Å². The summed E-state index contributed by atoms with van der Waals surface area (Å²) in [5, 5.41) is 3.40. The number of nitrogens with zero attached hydrogens (tertiary/aromatic N) is 2. The lowest BCUT2D eigenvalue weighted by atomic mass is 10.2. The zero-order chi connectivity index (χ0) is 15.3. The van der Waals surface area contributed by atoms with E-state index in [1.165, 1.54) is 0 Å². The molecule has 0 saturated carbocycles. The predicted octanol–water partition coefficient (Wildman–Crippen LogP) is 1.31. The molecule has 0 fully saturated rings. The van der Waals surface area contributed by atoms with Gasteiger partial charge in [0.15, 0.2) is 0 Å². The van der Waals surface area contributed by atoms with Gasteiger partial charge in [-0.2, -0.15) is 0 Å². The van der Waals surface area contributed by atoms with E-state index in [4.69, 9.17) is 14.2 Å². The zero-order valence-corrected chi connectivity index (χ0v) is 13.5. The minimum atomic E-state index is 0.607. The first-order chi connectivity index (χ1) is 10.2. The highest BCUT2D eigenvalue weighted by Crippen LogP contribution is 1.98. The summed E-state index contributed by atoms with van der Waals surface area (Å²) in [4.78, 5) is 4.37. The molecule has 1 heterocycles. The fourth-order valence-electron chi connectivity index (χ4n) is 1.81. The van der Waals surface area contributed by atoms with Crippen LogP contribution in [-0.2, 0) is 27.3 Å². The summed E-state index contributed by atoms with van der Waals surface area (Å²) in [6.07, 6.45) is 3.82. The highest BCUT2D eigenvalue weighted by atomic mass is 16.5. The van der Waals surface area contributed by atoms with Gasteiger partial charge in [0.25, 0.3) is 0 Å². The standard InChI is InChI=1S/C15H29N3O3/c1-14(2)12-16-13-15-17-4-5-18(15)6-7-20-10-11-21-9-8-19-3/h4-5,14,16H,6-13H2,1-3H3. The molecule has 0 radical (unpaired) electrons. The van der Waals surface area contributed by atoms with Crippen LogP contribution >= 0.6 is 0 Å². The normalized spacial score (nSPS) is 11.4.